The first-order valence-corrected chi connectivity index (χ1v) is 14.9. The van der Waals surface area contributed by atoms with Gasteiger partial charge in [0.2, 0.25) is 0 Å². The second-order valence-corrected chi connectivity index (χ2v) is 13.5. The molecular weight excluding hydrogens is 586 g/mol. The van der Waals surface area contributed by atoms with Crippen molar-refractivity contribution in [1.29, 1.82) is 0 Å². The van der Waals surface area contributed by atoms with Crippen molar-refractivity contribution in [2.45, 2.75) is 31.9 Å². The van der Waals surface area contributed by atoms with Crippen LogP contribution >= 0.6 is 0 Å². The SMILES string of the molecule is O=C(N=S(=C=S(=NC(=O)C(F)(F)F)(c1ccccc1)c1ccccc1)(c1ccccc1)c1ccccc1)C(F)(F)F. The van der Waals surface area contributed by atoms with E-state index in [1.165, 1.54) is 97.1 Å². The van der Waals surface area contributed by atoms with Gasteiger partial charge in [0, 0.05) is 19.6 Å². The van der Waals surface area contributed by atoms with E-state index < -0.39 is 43.0 Å². The van der Waals surface area contributed by atoms with Crippen molar-refractivity contribution < 1.29 is 35.9 Å². The molecule has 0 saturated heterocycles. The summed E-state index contributed by atoms with van der Waals surface area (Å²) in [5.74, 6) is -4.91. The number of benzene rings is 4. The summed E-state index contributed by atoms with van der Waals surface area (Å²) >= 11 is 0. The standard InChI is InChI=1S/C29H20F6N2O2S2/c30-28(31,32)26(38)36-40(22-13-5-1-6-14-22,23-15-7-2-8-16-23)21-41(24-17-9-3-10-18-24,25-19-11-4-12-20-25)37-27(39)29(33,34)35/h1-20H. The van der Waals surface area contributed by atoms with Crippen LogP contribution in [-0.4, -0.2) is 28.5 Å². The van der Waals surface area contributed by atoms with E-state index in [4.69, 9.17) is 0 Å². The maximum atomic E-state index is 13.8. The highest BCUT2D eigenvalue weighted by atomic mass is 32.2. The number of alkyl halides is 6. The molecule has 4 nitrogen and oxygen atoms in total. The highest BCUT2D eigenvalue weighted by Crippen LogP contribution is 2.32. The third-order valence-corrected chi connectivity index (χ3v) is 12.1. The molecule has 0 radical (unpaired) electrons. The highest BCUT2D eigenvalue weighted by molar-refractivity contribution is 8.16. The van der Waals surface area contributed by atoms with Crippen molar-refractivity contribution in [2.75, 3.05) is 0 Å². The molecule has 0 saturated carbocycles. The Morgan fingerprint density at radius 2 is 0.683 bits per heavy atom. The zero-order valence-electron chi connectivity index (χ0n) is 20.8. The Kier molecular flexibility index (Phi) is 8.58. The maximum absolute atomic E-state index is 13.8. The van der Waals surface area contributed by atoms with Gasteiger partial charge in [0.15, 0.2) is 0 Å². The van der Waals surface area contributed by atoms with Crippen molar-refractivity contribution in [3.63, 3.8) is 0 Å². The van der Waals surface area contributed by atoms with Crippen molar-refractivity contribution in [2.24, 2.45) is 8.73 Å². The Morgan fingerprint density at radius 1 is 0.463 bits per heavy atom. The van der Waals surface area contributed by atoms with Gasteiger partial charge >= 0.3 is 24.2 Å². The predicted octanol–water partition coefficient (Wildman–Crippen LogP) is 7.71. The zero-order valence-corrected chi connectivity index (χ0v) is 22.5. The van der Waals surface area contributed by atoms with Crippen LogP contribution in [0.25, 0.3) is 0 Å². The molecule has 0 aromatic heterocycles. The Labute approximate surface area is 232 Å². The molecule has 0 heterocycles. The van der Waals surface area contributed by atoms with Crippen molar-refractivity contribution in [1.82, 2.24) is 0 Å². The zero-order chi connectivity index (χ0) is 29.7. The molecule has 0 spiro atoms. The van der Waals surface area contributed by atoms with Crippen LogP contribution in [0.1, 0.15) is 0 Å². The van der Waals surface area contributed by atoms with Crippen LogP contribution in [0.3, 0.4) is 0 Å². The average Bonchev–Trinajstić information content (AvgIpc) is 2.97. The van der Waals surface area contributed by atoms with Crippen molar-refractivity contribution in [3.8, 4) is 0 Å². The summed E-state index contributed by atoms with van der Waals surface area (Å²) in [6.07, 6.45) is -10.8. The molecule has 2 amide bonds. The van der Waals surface area contributed by atoms with Crippen molar-refractivity contribution >= 4 is 35.0 Å². The van der Waals surface area contributed by atoms with Crippen LogP contribution in [-0.2, 0) is 28.4 Å². The lowest BCUT2D eigenvalue weighted by atomic mass is 10.4. The fourth-order valence-corrected chi connectivity index (χ4v) is 10.8. The minimum atomic E-state index is -5.40. The molecule has 4 rings (SSSR count). The van der Waals surface area contributed by atoms with E-state index in [1.54, 1.807) is 24.3 Å². The number of hydrogen-bond acceptors (Lipinski definition) is 2. The van der Waals surface area contributed by atoms with E-state index in [2.05, 4.69) is 13.0 Å². The van der Waals surface area contributed by atoms with Gasteiger partial charge in [-0.1, -0.05) is 72.8 Å². The Bertz CT molecular complexity index is 1590. The highest BCUT2D eigenvalue weighted by Gasteiger charge is 2.41. The average molecular weight is 607 g/mol. The molecule has 4 aromatic carbocycles. The van der Waals surface area contributed by atoms with Gasteiger partial charge < -0.3 is 0 Å². The van der Waals surface area contributed by atoms with E-state index in [0.29, 0.717) is 0 Å². The second-order valence-electron chi connectivity index (χ2n) is 8.28. The predicted molar refractivity (Wildman–Crippen MR) is 146 cm³/mol. The summed E-state index contributed by atoms with van der Waals surface area (Å²) in [6.45, 7) is 0. The fourth-order valence-electron chi connectivity index (χ4n) is 3.71. The van der Waals surface area contributed by atoms with E-state index in [1.807, 2.05) is 0 Å². The molecule has 0 unspecified atom stereocenters. The van der Waals surface area contributed by atoms with Gasteiger partial charge in [0.05, 0.1) is 0 Å². The summed E-state index contributed by atoms with van der Waals surface area (Å²) in [5.41, 5.74) is 0. The van der Waals surface area contributed by atoms with Crippen LogP contribution in [0.4, 0.5) is 26.3 Å². The molecule has 0 atom stereocenters. The van der Waals surface area contributed by atoms with Gasteiger partial charge in [-0.3, -0.25) is 9.59 Å². The summed E-state index contributed by atoms with van der Waals surface area (Å²) in [5, 5.41) is 0. The molecule has 0 aliphatic carbocycles. The van der Waals surface area contributed by atoms with Crippen LogP contribution in [0, 0.1) is 0 Å². The summed E-state index contributed by atoms with van der Waals surface area (Å²) in [7, 11) is -7.50. The fraction of sp³-hybridized carbons (Fsp3) is 0.0690. The Balaban J connectivity index is 2.55. The van der Waals surface area contributed by atoms with Crippen LogP contribution in [0.2, 0.25) is 0 Å². The van der Waals surface area contributed by atoms with Gasteiger partial charge in [-0.2, -0.15) is 35.1 Å². The normalized spacial score (nSPS) is 12.2. The minimum Gasteiger partial charge on any atom is -0.261 e. The van der Waals surface area contributed by atoms with Gasteiger partial charge in [0.1, 0.15) is 0 Å². The number of rotatable bonds is 4. The van der Waals surface area contributed by atoms with Gasteiger partial charge in [-0.25, -0.2) is 0 Å². The molecule has 4 aromatic rings. The Hall–Kier alpha value is -4.12. The van der Waals surface area contributed by atoms with Crippen molar-refractivity contribution in [3.05, 3.63) is 121 Å². The van der Waals surface area contributed by atoms with Gasteiger partial charge in [-0.05, 0) is 71.7 Å². The first kappa shape index (κ1) is 29.9. The van der Waals surface area contributed by atoms with Crippen LogP contribution in [0.15, 0.2) is 150 Å². The third kappa shape index (κ3) is 6.45. The maximum Gasteiger partial charge on any atom is 0.474 e. The Morgan fingerprint density at radius 3 is 0.878 bits per heavy atom. The number of carbonyl (C=O) groups is 2. The summed E-state index contributed by atoms with van der Waals surface area (Å²) in [6, 6.07) is 29.6. The molecule has 0 aliphatic rings. The minimum absolute atomic E-state index is 0.0715. The van der Waals surface area contributed by atoms with E-state index in [-0.39, 0.29) is 19.6 Å². The number of nitrogens with zero attached hydrogens (tertiary/aromatic N) is 2. The second kappa shape index (κ2) is 11.8. The smallest absolute Gasteiger partial charge is 0.261 e. The topological polar surface area (TPSA) is 58.9 Å². The lowest BCUT2D eigenvalue weighted by Gasteiger charge is -2.21. The molecule has 0 aliphatic heterocycles. The molecule has 0 N–H and O–H groups in total. The lowest BCUT2D eigenvalue weighted by Crippen LogP contribution is -2.24. The van der Waals surface area contributed by atoms with Crippen LogP contribution < -0.4 is 0 Å². The summed E-state index contributed by atoms with van der Waals surface area (Å²) in [4.78, 5) is 25.5. The number of carbonyl (C=O) groups excluding carboxylic acids is 2. The van der Waals surface area contributed by atoms with Gasteiger partial charge in [0.25, 0.3) is 0 Å². The third-order valence-electron chi connectivity index (χ3n) is 5.50. The molecule has 212 valence electrons. The lowest BCUT2D eigenvalue weighted by molar-refractivity contribution is -0.169. The molecule has 0 bridgehead atoms. The molecule has 41 heavy (non-hydrogen) atoms. The first-order chi connectivity index (χ1) is 19.4. The summed E-state index contributed by atoms with van der Waals surface area (Å²) < 4.78 is 93.0. The number of amides is 2. The van der Waals surface area contributed by atoms with E-state index in [9.17, 15) is 35.9 Å². The van der Waals surface area contributed by atoms with E-state index >= 15 is 0 Å². The van der Waals surface area contributed by atoms with E-state index in [0.717, 1.165) is 0 Å². The van der Waals surface area contributed by atoms with Gasteiger partial charge in [-0.15, -0.1) is 0 Å². The largest absolute Gasteiger partial charge is 0.474 e. The van der Waals surface area contributed by atoms with Crippen LogP contribution in [0.5, 0.6) is 0 Å². The molecule has 0 fully saturated rings. The monoisotopic (exact) mass is 606 g/mol. The quantitative estimate of drug-likeness (QED) is 0.177. The number of hydrogen-bond donors (Lipinski definition) is 0. The number of halogens is 6. The molecular formula is C29H20F6N2O2S2. The first-order valence-electron chi connectivity index (χ1n) is 11.7. The molecule has 12 heteroatoms.